The van der Waals surface area contributed by atoms with E-state index in [0.717, 1.165) is 23.8 Å². The van der Waals surface area contributed by atoms with Crippen LogP contribution < -0.4 is 5.32 Å². The highest BCUT2D eigenvalue weighted by atomic mass is 32.1. The zero-order valence-corrected chi connectivity index (χ0v) is 10.4. The van der Waals surface area contributed by atoms with Crippen LogP contribution in [0.15, 0.2) is 11.6 Å². The van der Waals surface area contributed by atoms with Gasteiger partial charge in [-0.3, -0.25) is 0 Å². The average molecular weight is 239 g/mol. The van der Waals surface area contributed by atoms with Crippen molar-refractivity contribution in [3.63, 3.8) is 0 Å². The Morgan fingerprint density at radius 3 is 2.87 bits per heavy atom. The number of aryl methyl sites for hydroxylation is 2. The maximum atomic E-state index is 4.42. The van der Waals surface area contributed by atoms with Crippen LogP contribution in [0.25, 0.3) is 0 Å². The molecule has 0 aromatic carbocycles. The first-order chi connectivity index (χ1) is 7.25. The van der Waals surface area contributed by atoms with Gasteiger partial charge in [0.2, 0.25) is 0 Å². The maximum Gasteiger partial charge on any atom is 0.183 e. The van der Waals surface area contributed by atoms with E-state index in [9.17, 15) is 0 Å². The molecule has 2 heterocycles. The van der Waals surface area contributed by atoms with Crippen molar-refractivity contribution in [2.45, 2.75) is 20.3 Å². The molecule has 0 saturated carbocycles. The van der Waals surface area contributed by atoms with E-state index in [0.29, 0.717) is 0 Å². The van der Waals surface area contributed by atoms with E-state index in [1.807, 2.05) is 18.5 Å². The van der Waals surface area contributed by atoms with Gasteiger partial charge in [0, 0.05) is 29.4 Å². The molecule has 0 radical (unpaired) electrons. The number of nitrogens with one attached hydrogen (secondary N) is 1. The van der Waals surface area contributed by atoms with Crippen LogP contribution in [0.5, 0.6) is 0 Å². The number of thiazole rings is 2. The van der Waals surface area contributed by atoms with Gasteiger partial charge in [-0.2, -0.15) is 0 Å². The average Bonchev–Trinajstić information content (AvgIpc) is 2.79. The van der Waals surface area contributed by atoms with Crippen LogP contribution in [0, 0.1) is 13.8 Å². The molecule has 0 atom stereocenters. The fourth-order valence-corrected chi connectivity index (χ4v) is 2.66. The summed E-state index contributed by atoms with van der Waals surface area (Å²) in [6.45, 7) is 5.04. The smallest absolute Gasteiger partial charge is 0.183 e. The molecular formula is C10H13N3S2. The minimum atomic E-state index is 0.903. The lowest BCUT2D eigenvalue weighted by Crippen LogP contribution is -2.04. The quantitative estimate of drug-likeness (QED) is 0.891. The van der Waals surface area contributed by atoms with Gasteiger partial charge >= 0.3 is 0 Å². The van der Waals surface area contributed by atoms with Gasteiger partial charge in [-0.1, -0.05) is 0 Å². The molecule has 0 bridgehead atoms. The second kappa shape index (κ2) is 4.72. The van der Waals surface area contributed by atoms with Crippen LogP contribution in [-0.4, -0.2) is 16.5 Å². The van der Waals surface area contributed by atoms with E-state index >= 15 is 0 Å². The Hall–Kier alpha value is -0.940. The zero-order valence-electron chi connectivity index (χ0n) is 8.78. The minimum absolute atomic E-state index is 0.903. The second-order valence-corrected chi connectivity index (χ2v) is 5.45. The molecule has 2 rings (SSSR count). The normalized spacial score (nSPS) is 10.5. The molecular weight excluding hydrogens is 226 g/mol. The molecule has 0 amide bonds. The fraction of sp³-hybridized carbons (Fsp3) is 0.400. The van der Waals surface area contributed by atoms with Crippen molar-refractivity contribution in [1.29, 1.82) is 0 Å². The number of aromatic nitrogens is 2. The van der Waals surface area contributed by atoms with E-state index < -0.39 is 0 Å². The molecule has 2 aromatic heterocycles. The molecule has 0 unspecified atom stereocenters. The first kappa shape index (κ1) is 10.6. The molecule has 0 aliphatic rings. The van der Waals surface area contributed by atoms with Gasteiger partial charge in [0.05, 0.1) is 10.7 Å². The molecule has 0 saturated heterocycles. The highest BCUT2D eigenvalue weighted by molar-refractivity contribution is 7.15. The number of anilines is 1. The summed E-state index contributed by atoms with van der Waals surface area (Å²) in [6.07, 6.45) is 2.81. The molecule has 2 aromatic rings. The summed E-state index contributed by atoms with van der Waals surface area (Å²) in [5, 5.41) is 7.51. The third-order valence-corrected chi connectivity index (χ3v) is 4.00. The lowest BCUT2D eigenvalue weighted by molar-refractivity contribution is 0.992. The van der Waals surface area contributed by atoms with Crippen molar-refractivity contribution in [3.8, 4) is 0 Å². The molecule has 0 spiro atoms. The summed E-state index contributed by atoms with van der Waals surface area (Å²) in [7, 11) is 0. The summed E-state index contributed by atoms with van der Waals surface area (Å²) < 4.78 is 0. The maximum absolute atomic E-state index is 4.42. The van der Waals surface area contributed by atoms with Crippen molar-refractivity contribution in [2.75, 3.05) is 11.9 Å². The number of hydrogen-bond acceptors (Lipinski definition) is 5. The molecule has 3 nitrogen and oxygen atoms in total. The molecule has 0 aliphatic heterocycles. The van der Waals surface area contributed by atoms with Gasteiger partial charge in [0.15, 0.2) is 5.13 Å². The van der Waals surface area contributed by atoms with Crippen molar-refractivity contribution in [3.05, 3.63) is 27.2 Å². The molecule has 0 fully saturated rings. The monoisotopic (exact) mass is 239 g/mol. The highest BCUT2D eigenvalue weighted by Gasteiger charge is 2.02. The van der Waals surface area contributed by atoms with E-state index in [4.69, 9.17) is 0 Å². The lowest BCUT2D eigenvalue weighted by atomic mass is 10.4. The van der Waals surface area contributed by atoms with Gasteiger partial charge in [-0.25, -0.2) is 9.97 Å². The SMILES string of the molecule is Cc1nc(NCCc2nccs2)sc1C. The summed E-state index contributed by atoms with van der Waals surface area (Å²) in [4.78, 5) is 9.94. The van der Waals surface area contributed by atoms with Crippen molar-refractivity contribution in [1.82, 2.24) is 9.97 Å². The van der Waals surface area contributed by atoms with Gasteiger partial charge < -0.3 is 5.32 Å². The Morgan fingerprint density at radius 2 is 2.27 bits per heavy atom. The Morgan fingerprint density at radius 1 is 1.40 bits per heavy atom. The number of rotatable bonds is 4. The van der Waals surface area contributed by atoms with Crippen molar-refractivity contribution < 1.29 is 0 Å². The summed E-state index contributed by atoms with van der Waals surface area (Å²) >= 11 is 3.41. The van der Waals surface area contributed by atoms with E-state index in [-0.39, 0.29) is 0 Å². The Labute approximate surface area is 97.2 Å². The van der Waals surface area contributed by atoms with Crippen LogP contribution in [0.3, 0.4) is 0 Å². The van der Waals surface area contributed by atoms with E-state index in [2.05, 4.69) is 22.2 Å². The second-order valence-electron chi connectivity index (χ2n) is 3.26. The Kier molecular flexibility index (Phi) is 3.33. The third-order valence-electron chi connectivity index (χ3n) is 2.13. The Balaban J connectivity index is 1.83. The molecule has 1 N–H and O–H groups in total. The summed E-state index contributed by atoms with van der Waals surface area (Å²) in [6, 6.07) is 0. The molecule has 0 aliphatic carbocycles. The number of hydrogen-bond donors (Lipinski definition) is 1. The predicted molar refractivity (Wildman–Crippen MR) is 65.9 cm³/mol. The molecule has 80 valence electrons. The van der Waals surface area contributed by atoms with Crippen molar-refractivity contribution >= 4 is 27.8 Å². The standard InChI is InChI=1S/C10H13N3S2/c1-7-8(2)15-10(13-7)12-4-3-9-11-5-6-14-9/h5-6H,3-4H2,1-2H3,(H,12,13). The lowest BCUT2D eigenvalue weighted by Gasteiger charge is -1.99. The van der Waals surface area contributed by atoms with Crippen LogP contribution in [-0.2, 0) is 6.42 Å². The number of nitrogens with zero attached hydrogens (tertiary/aromatic N) is 2. The van der Waals surface area contributed by atoms with Crippen LogP contribution >= 0.6 is 22.7 Å². The fourth-order valence-electron chi connectivity index (χ4n) is 1.20. The highest BCUT2D eigenvalue weighted by Crippen LogP contribution is 2.20. The van der Waals surface area contributed by atoms with E-state index in [1.54, 1.807) is 22.7 Å². The summed E-state index contributed by atoms with van der Waals surface area (Å²) in [5.41, 5.74) is 1.12. The minimum Gasteiger partial charge on any atom is -0.361 e. The summed E-state index contributed by atoms with van der Waals surface area (Å²) in [5.74, 6) is 0. The molecule has 5 heteroatoms. The largest absolute Gasteiger partial charge is 0.361 e. The predicted octanol–water partition coefficient (Wildman–Crippen LogP) is 2.87. The third kappa shape index (κ3) is 2.76. The van der Waals surface area contributed by atoms with Gasteiger partial charge in [-0.05, 0) is 13.8 Å². The van der Waals surface area contributed by atoms with Gasteiger partial charge in [-0.15, -0.1) is 22.7 Å². The van der Waals surface area contributed by atoms with E-state index in [1.165, 1.54) is 9.88 Å². The van der Waals surface area contributed by atoms with Gasteiger partial charge in [0.25, 0.3) is 0 Å². The van der Waals surface area contributed by atoms with Crippen LogP contribution in [0.1, 0.15) is 15.6 Å². The topological polar surface area (TPSA) is 37.8 Å². The van der Waals surface area contributed by atoms with Crippen molar-refractivity contribution in [2.24, 2.45) is 0 Å². The Bertz CT molecular complexity index is 400. The first-order valence-electron chi connectivity index (χ1n) is 4.82. The van der Waals surface area contributed by atoms with Crippen LogP contribution in [0.2, 0.25) is 0 Å². The van der Waals surface area contributed by atoms with Gasteiger partial charge in [0.1, 0.15) is 0 Å². The first-order valence-corrected chi connectivity index (χ1v) is 6.51. The van der Waals surface area contributed by atoms with Crippen LogP contribution in [0.4, 0.5) is 5.13 Å². The zero-order chi connectivity index (χ0) is 10.7. The molecule has 15 heavy (non-hydrogen) atoms.